The molecule has 0 unspecified atom stereocenters. The van der Waals surface area contributed by atoms with Crippen LogP contribution in [0.25, 0.3) is 43.9 Å². The van der Waals surface area contributed by atoms with Crippen molar-refractivity contribution in [1.82, 2.24) is 0 Å². The third kappa shape index (κ3) is 3.03. The molecule has 0 aliphatic heterocycles. The van der Waals surface area contributed by atoms with Gasteiger partial charge in [-0.1, -0.05) is 84.9 Å². The number of furan rings is 1. The van der Waals surface area contributed by atoms with E-state index in [1.807, 2.05) is 24.3 Å². The number of para-hydroxylation sites is 1. The minimum Gasteiger partial charge on any atom is -0.455 e. The topological polar surface area (TPSA) is 37.0 Å². The molecule has 2 nitrogen and oxygen atoms in total. The van der Waals surface area contributed by atoms with Crippen LogP contribution < -0.4 is 0 Å². The van der Waals surface area contributed by atoms with E-state index in [2.05, 4.69) is 79.7 Å². The summed E-state index contributed by atoms with van der Waals surface area (Å²) in [5, 5.41) is 12.1. The van der Waals surface area contributed by atoms with Crippen LogP contribution in [0, 0.1) is 5.41 Å². The first-order chi connectivity index (χ1) is 14.8. The molecule has 2 heteroatoms. The molecule has 0 atom stereocenters. The molecule has 0 aliphatic rings. The van der Waals surface area contributed by atoms with Crippen LogP contribution in [0.5, 0.6) is 0 Å². The number of hydrogen-bond acceptors (Lipinski definition) is 2. The summed E-state index contributed by atoms with van der Waals surface area (Å²) in [5.74, 6) is 0. The molecular formula is C28H21NO. The molecule has 5 rings (SSSR count). The van der Waals surface area contributed by atoms with Crippen LogP contribution in [-0.4, -0.2) is 6.21 Å². The molecule has 0 radical (unpaired) electrons. The fraction of sp³-hybridized carbons (Fsp3) is 0.0357. The Morgan fingerprint density at radius 1 is 0.733 bits per heavy atom. The van der Waals surface area contributed by atoms with E-state index in [1.54, 1.807) is 0 Å². The van der Waals surface area contributed by atoms with Crippen LogP contribution in [0.1, 0.15) is 18.1 Å². The Balaban J connectivity index is 1.72. The summed E-state index contributed by atoms with van der Waals surface area (Å²) in [6.45, 7) is 2.10. The highest BCUT2D eigenvalue weighted by Gasteiger charge is 2.14. The van der Waals surface area contributed by atoms with E-state index in [0.29, 0.717) is 0 Å². The first-order valence-corrected chi connectivity index (χ1v) is 10.0. The molecule has 0 bridgehead atoms. The van der Waals surface area contributed by atoms with Gasteiger partial charge in [0.25, 0.3) is 0 Å². The third-order valence-electron chi connectivity index (χ3n) is 5.56. The number of benzene rings is 4. The average Bonchev–Trinajstić information content (AvgIpc) is 3.18. The van der Waals surface area contributed by atoms with Crippen LogP contribution in [-0.2, 0) is 0 Å². The summed E-state index contributed by atoms with van der Waals surface area (Å²) in [7, 11) is 0. The molecular weight excluding hydrogens is 366 g/mol. The smallest absolute Gasteiger partial charge is 0.143 e. The maximum absolute atomic E-state index is 7.56. The van der Waals surface area contributed by atoms with Crippen molar-refractivity contribution in [2.45, 2.75) is 6.92 Å². The second kappa shape index (κ2) is 7.49. The van der Waals surface area contributed by atoms with Gasteiger partial charge in [-0.15, -0.1) is 0 Å². The molecule has 4 aromatic carbocycles. The van der Waals surface area contributed by atoms with Crippen molar-refractivity contribution < 1.29 is 4.42 Å². The van der Waals surface area contributed by atoms with Gasteiger partial charge in [-0.2, -0.15) is 0 Å². The van der Waals surface area contributed by atoms with Gasteiger partial charge < -0.3 is 9.83 Å². The zero-order valence-corrected chi connectivity index (χ0v) is 16.7. The van der Waals surface area contributed by atoms with E-state index >= 15 is 0 Å². The largest absolute Gasteiger partial charge is 0.455 e. The Hall–Kier alpha value is -3.91. The van der Waals surface area contributed by atoms with E-state index < -0.39 is 0 Å². The van der Waals surface area contributed by atoms with Crippen LogP contribution >= 0.6 is 0 Å². The van der Waals surface area contributed by atoms with Gasteiger partial charge in [0.05, 0.1) is 0 Å². The predicted molar refractivity (Wildman–Crippen MR) is 128 cm³/mol. The summed E-state index contributed by atoms with van der Waals surface area (Å²) in [4.78, 5) is 0. The van der Waals surface area contributed by atoms with E-state index in [1.165, 1.54) is 11.6 Å². The first kappa shape index (κ1) is 18.1. The van der Waals surface area contributed by atoms with Gasteiger partial charge in [0.1, 0.15) is 11.2 Å². The standard InChI is InChI=1S/C28H21NO/c1-19(18-22(16-17-29)20-8-3-2-4-9-20)23-12-7-13-25-26-15-14-21-10-5-6-11-24(21)28(26)30-27(23)25/h2-18,29H,1H3/b19-18+,22-16+,29-17?. The first-order valence-electron chi connectivity index (χ1n) is 10.0. The molecule has 0 amide bonds. The fourth-order valence-electron chi connectivity index (χ4n) is 4.10. The lowest BCUT2D eigenvalue weighted by Crippen LogP contribution is -1.85. The molecule has 0 saturated carbocycles. The number of hydrogen-bond donors (Lipinski definition) is 1. The number of nitrogens with one attached hydrogen (secondary N) is 1. The highest BCUT2D eigenvalue weighted by Crippen LogP contribution is 2.37. The zero-order valence-electron chi connectivity index (χ0n) is 16.7. The van der Waals surface area contributed by atoms with Gasteiger partial charge in [-0.25, -0.2) is 0 Å². The van der Waals surface area contributed by atoms with E-state index in [-0.39, 0.29) is 0 Å². The highest BCUT2D eigenvalue weighted by atomic mass is 16.3. The summed E-state index contributed by atoms with van der Waals surface area (Å²) < 4.78 is 6.46. The monoisotopic (exact) mass is 387 g/mol. The van der Waals surface area contributed by atoms with Crippen LogP contribution in [0.15, 0.2) is 101 Å². The minimum absolute atomic E-state index is 0.903. The van der Waals surface area contributed by atoms with Crippen molar-refractivity contribution in [2.75, 3.05) is 0 Å². The van der Waals surface area contributed by atoms with Crippen molar-refractivity contribution in [2.24, 2.45) is 0 Å². The Labute approximate surface area is 175 Å². The van der Waals surface area contributed by atoms with Gasteiger partial charge in [-0.3, -0.25) is 0 Å². The van der Waals surface area contributed by atoms with Gasteiger partial charge >= 0.3 is 0 Å². The fourth-order valence-corrected chi connectivity index (χ4v) is 4.10. The number of allylic oxidation sites excluding steroid dienone is 4. The number of fused-ring (bicyclic) bond motifs is 5. The maximum atomic E-state index is 7.56. The Morgan fingerprint density at radius 3 is 2.30 bits per heavy atom. The van der Waals surface area contributed by atoms with Gasteiger partial charge in [0.2, 0.25) is 0 Å². The normalized spacial score (nSPS) is 12.7. The second-order valence-corrected chi connectivity index (χ2v) is 7.43. The van der Waals surface area contributed by atoms with Crippen molar-refractivity contribution in [3.8, 4) is 0 Å². The highest BCUT2D eigenvalue weighted by molar-refractivity contribution is 6.16. The third-order valence-corrected chi connectivity index (χ3v) is 5.56. The Morgan fingerprint density at radius 2 is 1.47 bits per heavy atom. The van der Waals surface area contributed by atoms with Gasteiger partial charge in [-0.05, 0) is 41.2 Å². The molecule has 144 valence electrons. The van der Waals surface area contributed by atoms with E-state index in [9.17, 15) is 0 Å². The lowest BCUT2D eigenvalue weighted by atomic mass is 9.98. The van der Waals surface area contributed by atoms with Crippen molar-refractivity contribution in [3.05, 3.63) is 108 Å². The lowest BCUT2D eigenvalue weighted by Gasteiger charge is -2.06. The Bertz CT molecular complexity index is 1450. The summed E-state index contributed by atoms with van der Waals surface area (Å²) >= 11 is 0. The molecule has 1 heterocycles. The van der Waals surface area contributed by atoms with Crippen LogP contribution in [0.3, 0.4) is 0 Å². The molecule has 5 aromatic rings. The molecule has 0 aliphatic carbocycles. The van der Waals surface area contributed by atoms with Gasteiger partial charge in [0, 0.05) is 27.9 Å². The van der Waals surface area contributed by atoms with E-state index in [4.69, 9.17) is 9.83 Å². The van der Waals surface area contributed by atoms with E-state index in [0.717, 1.165) is 49.6 Å². The van der Waals surface area contributed by atoms with Crippen LogP contribution in [0.2, 0.25) is 0 Å². The SMILES string of the molecule is C/C(=C\C(=C/C=N)c1ccccc1)c1cccc2c1oc1c3ccccc3ccc21. The predicted octanol–water partition coefficient (Wildman–Crippen LogP) is 7.88. The maximum Gasteiger partial charge on any atom is 0.143 e. The molecule has 0 saturated heterocycles. The Kier molecular flexibility index (Phi) is 4.53. The molecule has 0 spiro atoms. The summed E-state index contributed by atoms with van der Waals surface area (Å²) in [6, 6.07) is 29.1. The number of rotatable bonds is 4. The van der Waals surface area contributed by atoms with Crippen molar-refractivity contribution >= 4 is 50.1 Å². The zero-order chi connectivity index (χ0) is 20.5. The lowest BCUT2D eigenvalue weighted by molar-refractivity contribution is 0.671. The van der Waals surface area contributed by atoms with Crippen molar-refractivity contribution in [1.29, 1.82) is 5.41 Å². The van der Waals surface area contributed by atoms with Gasteiger partial charge in [0.15, 0.2) is 0 Å². The molecule has 0 fully saturated rings. The molecule has 30 heavy (non-hydrogen) atoms. The molecule has 1 aromatic heterocycles. The quantitative estimate of drug-likeness (QED) is 0.247. The van der Waals surface area contributed by atoms with Crippen molar-refractivity contribution in [3.63, 3.8) is 0 Å². The molecule has 1 N–H and O–H groups in total. The minimum atomic E-state index is 0.903. The summed E-state index contributed by atoms with van der Waals surface area (Å²) in [5.41, 5.74) is 6.09. The average molecular weight is 387 g/mol. The van der Waals surface area contributed by atoms with Crippen LogP contribution in [0.4, 0.5) is 0 Å². The summed E-state index contributed by atoms with van der Waals surface area (Å²) in [6.07, 6.45) is 5.28. The second-order valence-electron chi connectivity index (χ2n) is 7.43.